The molecule has 0 aromatic carbocycles. The van der Waals surface area contributed by atoms with Crippen molar-refractivity contribution in [3.05, 3.63) is 32.9 Å². The van der Waals surface area contributed by atoms with Gasteiger partial charge in [0, 0.05) is 0 Å². The molecule has 1 rings (SSSR count). The van der Waals surface area contributed by atoms with Crippen molar-refractivity contribution < 1.29 is 13.9 Å². The Hall–Kier alpha value is -1.92. The Balaban J connectivity index is 2.83. The lowest BCUT2D eigenvalue weighted by molar-refractivity contribution is 0.0846. The summed E-state index contributed by atoms with van der Waals surface area (Å²) in [6.07, 6.45) is 4.41. The Kier molecular flexibility index (Phi) is 6.84. The van der Waals surface area contributed by atoms with E-state index in [4.69, 9.17) is 4.74 Å². The number of hydrogen-bond acceptors (Lipinski definition) is 4. The lowest BCUT2D eigenvalue weighted by atomic mass is 10.1. The Morgan fingerprint density at radius 3 is 2.38 bits per heavy atom. The third-order valence-electron chi connectivity index (χ3n) is 3.12. The first-order valence-electron chi connectivity index (χ1n) is 7.22. The van der Waals surface area contributed by atoms with Gasteiger partial charge in [0.05, 0.1) is 6.20 Å². The predicted molar refractivity (Wildman–Crippen MR) is 76.0 cm³/mol. The van der Waals surface area contributed by atoms with Gasteiger partial charge in [0.25, 0.3) is 5.56 Å². The summed E-state index contributed by atoms with van der Waals surface area (Å²) in [6.45, 7) is 4.06. The quantitative estimate of drug-likeness (QED) is 0.838. The highest BCUT2D eigenvalue weighted by atomic mass is 19.1. The normalized spacial score (nSPS) is 10.9. The number of nitrogens with zero attached hydrogens (tertiary/aromatic N) is 1. The van der Waals surface area contributed by atoms with Crippen LogP contribution in [0.1, 0.15) is 52.4 Å². The van der Waals surface area contributed by atoms with Crippen LogP contribution in [-0.4, -0.2) is 21.7 Å². The van der Waals surface area contributed by atoms with Crippen molar-refractivity contribution in [2.75, 3.05) is 0 Å². The van der Waals surface area contributed by atoms with E-state index in [0.29, 0.717) is 23.6 Å². The zero-order chi connectivity index (χ0) is 15.8. The minimum Gasteiger partial charge on any atom is -0.446 e. The molecule has 0 saturated carbocycles. The van der Waals surface area contributed by atoms with Gasteiger partial charge in [0.2, 0.25) is 5.82 Å². The molecule has 1 aromatic rings. The number of rotatable bonds is 7. The van der Waals surface area contributed by atoms with Crippen LogP contribution in [0.2, 0.25) is 0 Å². The van der Waals surface area contributed by atoms with Crippen LogP contribution in [0.15, 0.2) is 15.8 Å². The molecule has 6 nitrogen and oxygen atoms in total. The zero-order valence-electron chi connectivity index (χ0n) is 12.4. The van der Waals surface area contributed by atoms with Gasteiger partial charge in [-0.05, 0) is 12.8 Å². The predicted octanol–water partition coefficient (Wildman–Crippen LogP) is 2.41. The first-order valence-corrected chi connectivity index (χ1v) is 7.22. The van der Waals surface area contributed by atoms with Crippen LogP contribution in [0.4, 0.5) is 9.18 Å². The molecule has 0 radical (unpaired) electrons. The maximum Gasteiger partial charge on any atom is 0.422 e. The molecule has 0 amide bonds. The second-order valence-corrected chi connectivity index (χ2v) is 4.90. The fourth-order valence-electron chi connectivity index (χ4n) is 1.91. The number of aromatic amines is 1. The number of halogens is 1. The number of carbonyl (C=O) groups excluding carboxylic acids is 1. The van der Waals surface area contributed by atoms with Crippen LogP contribution in [0, 0.1) is 5.82 Å². The molecule has 118 valence electrons. The molecule has 0 fully saturated rings. The topological polar surface area (TPSA) is 81.2 Å². The van der Waals surface area contributed by atoms with Gasteiger partial charge in [-0.1, -0.05) is 39.5 Å². The van der Waals surface area contributed by atoms with Gasteiger partial charge in [0.15, 0.2) is 0 Å². The van der Waals surface area contributed by atoms with E-state index >= 15 is 0 Å². The van der Waals surface area contributed by atoms with Crippen molar-refractivity contribution in [2.45, 2.75) is 58.5 Å². The number of hydrogen-bond donors (Lipinski definition) is 1. The van der Waals surface area contributed by atoms with Crippen molar-refractivity contribution in [3.63, 3.8) is 0 Å². The second-order valence-electron chi connectivity index (χ2n) is 4.90. The summed E-state index contributed by atoms with van der Waals surface area (Å²) in [6, 6.07) is 0. The van der Waals surface area contributed by atoms with Gasteiger partial charge >= 0.3 is 11.8 Å². The van der Waals surface area contributed by atoms with E-state index in [0.717, 1.165) is 25.7 Å². The molecule has 7 heteroatoms. The second kappa shape index (κ2) is 8.39. The molecular weight excluding hydrogens is 279 g/mol. The number of nitrogens with one attached hydrogen (secondary N) is 1. The SMILES string of the molecule is CCCCC(CCCC)OC(=O)n1cc(F)c(=O)[nH]c1=O. The minimum atomic E-state index is -1.20. The molecule has 0 unspecified atom stereocenters. The van der Waals surface area contributed by atoms with E-state index < -0.39 is 23.2 Å². The van der Waals surface area contributed by atoms with Crippen molar-refractivity contribution in [3.8, 4) is 0 Å². The van der Waals surface area contributed by atoms with E-state index in [-0.39, 0.29) is 6.10 Å². The molecular formula is C14H21FN2O4. The smallest absolute Gasteiger partial charge is 0.422 e. The Morgan fingerprint density at radius 2 is 1.86 bits per heavy atom. The summed E-state index contributed by atoms with van der Waals surface area (Å²) < 4.78 is 18.8. The molecule has 21 heavy (non-hydrogen) atoms. The van der Waals surface area contributed by atoms with Gasteiger partial charge in [0.1, 0.15) is 6.10 Å². The zero-order valence-corrected chi connectivity index (χ0v) is 12.4. The maximum atomic E-state index is 13.2. The van der Waals surface area contributed by atoms with Gasteiger partial charge < -0.3 is 4.74 Å². The van der Waals surface area contributed by atoms with Gasteiger partial charge in [-0.2, -0.15) is 4.39 Å². The molecule has 0 spiro atoms. The minimum absolute atomic E-state index is 0.306. The largest absolute Gasteiger partial charge is 0.446 e. The fraction of sp³-hybridized carbons (Fsp3) is 0.643. The molecule has 0 aliphatic heterocycles. The van der Waals surface area contributed by atoms with Crippen molar-refractivity contribution >= 4 is 6.09 Å². The summed E-state index contributed by atoms with van der Waals surface area (Å²) in [5.41, 5.74) is -2.16. The van der Waals surface area contributed by atoms with Crippen molar-refractivity contribution in [1.82, 2.24) is 9.55 Å². The van der Waals surface area contributed by atoms with E-state index in [1.807, 2.05) is 13.8 Å². The fourth-order valence-corrected chi connectivity index (χ4v) is 1.91. The summed E-state index contributed by atoms with van der Waals surface area (Å²) in [4.78, 5) is 36.0. The van der Waals surface area contributed by atoms with Crippen LogP contribution in [0.25, 0.3) is 0 Å². The van der Waals surface area contributed by atoms with E-state index in [2.05, 4.69) is 0 Å². The lowest BCUT2D eigenvalue weighted by Gasteiger charge is -2.17. The standard InChI is InChI=1S/C14H21FN2O4/c1-3-5-7-10(8-6-4-2)21-14(20)17-9-11(15)12(18)16-13(17)19/h9-10H,3-8H2,1-2H3,(H,16,18,19). The first kappa shape index (κ1) is 17.1. The number of H-pyrrole nitrogens is 1. The van der Waals surface area contributed by atoms with Crippen molar-refractivity contribution in [2.24, 2.45) is 0 Å². The Labute approximate surface area is 121 Å². The first-order chi connectivity index (χ1) is 9.99. The van der Waals surface area contributed by atoms with E-state index in [9.17, 15) is 18.8 Å². The molecule has 0 bridgehead atoms. The summed E-state index contributed by atoms with van der Waals surface area (Å²) in [5.74, 6) is -1.20. The average Bonchev–Trinajstić information content (AvgIpc) is 2.45. The highest BCUT2D eigenvalue weighted by molar-refractivity contribution is 5.70. The average molecular weight is 300 g/mol. The molecule has 1 aromatic heterocycles. The van der Waals surface area contributed by atoms with Gasteiger partial charge in [-0.25, -0.2) is 14.2 Å². The van der Waals surface area contributed by atoms with Crippen molar-refractivity contribution in [1.29, 1.82) is 0 Å². The van der Waals surface area contributed by atoms with Crippen LogP contribution in [0.5, 0.6) is 0 Å². The third kappa shape index (κ3) is 5.17. The summed E-state index contributed by atoms with van der Waals surface area (Å²) >= 11 is 0. The van der Waals surface area contributed by atoms with Crippen LogP contribution >= 0.6 is 0 Å². The van der Waals surface area contributed by atoms with Crippen LogP contribution in [0.3, 0.4) is 0 Å². The monoisotopic (exact) mass is 300 g/mol. The lowest BCUT2D eigenvalue weighted by Crippen LogP contribution is -2.37. The van der Waals surface area contributed by atoms with Crippen LogP contribution in [-0.2, 0) is 4.74 Å². The number of ether oxygens (including phenoxy) is 1. The van der Waals surface area contributed by atoms with Gasteiger partial charge in [-0.3, -0.25) is 9.78 Å². The number of unbranched alkanes of at least 4 members (excludes halogenated alkanes) is 2. The molecule has 0 atom stereocenters. The van der Waals surface area contributed by atoms with E-state index in [1.54, 1.807) is 4.98 Å². The molecule has 0 aliphatic carbocycles. The molecule has 0 saturated heterocycles. The maximum absolute atomic E-state index is 13.2. The van der Waals surface area contributed by atoms with E-state index in [1.165, 1.54) is 0 Å². The molecule has 1 heterocycles. The third-order valence-corrected chi connectivity index (χ3v) is 3.12. The Bertz CT molecular complexity index is 571. The molecule has 1 N–H and O–H groups in total. The number of aromatic nitrogens is 2. The van der Waals surface area contributed by atoms with Gasteiger partial charge in [-0.15, -0.1) is 0 Å². The Morgan fingerprint density at radius 1 is 1.29 bits per heavy atom. The highest BCUT2D eigenvalue weighted by Gasteiger charge is 2.17. The highest BCUT2D eigenvalue weighted by Crippen LogP contribution is 2.13. The summed E-state index contributed by atoms with van der Waals surface area (Å²) in [7, 11) is 0. The summed E-state index contributed by atoms with van der Waals surface area (Å²) in [5, 5.41) is 0. The molecule has 0 aliphatic rings. The van der Waals surface area contributed by atoms with Crippen LogP contribution < -0.4 is 11.2 Å². The number of carbonyl (C=O) groups is 1.